The van der Waals surface area contributed by atoms with Gasteiger partial charge in [-0.15, -0.1) is 13.2 Å². The summed E-state index contributed by atoms with van der Waals surface area (Å²) in [4.78, 5) is 6.36. The van der Waals surface area contributed by atoms with Crippen molar-refractivity contribution >= 4 is 5.70 Å². The Kier molecular flexibility index (Phi) is 3.92. The standard InChI is InChI=1S/C10H12N2.C2H4/c1-12-7-3-5-10(12)9-4-2-6-11-8-9;1-2/h2,4-6,8H,3,7H2,1H3;1-2H2. The Morgan fingerprint density at radius 3 is 2.71 bits per heavy atom. The molecule has 1 aliphatic heterocycles. The van der Waals surface area contributed by atoms with Gasteiger partial charge >= 0.3 is 0 Å². The molecule has 0 aliphatic carbocycles. The molecule has 0 bridgehead atoms. The van der Waals surface area contributed by atoms with Crippen LogP contribution < -0.4 is 0 Å². The SMILES string of the molecule is C=C.CN1CCC=C1c1cccnc1. The quantitative estimate of drug-likeness (QED) is 0.630. The molecule has 74 valence electrons. The highest BCUT2D eigenvalue weighted by molar-refractivity contribution is 5.64. The summed E-state index contributed by atoms with van der Waals surface area (Å²) in [6.45, 7) is 7.13. The predicted molar refractivity (Wildman–Crippen MR) is 60.7 cm³/mol. The molecule has 0 N–H and O–H groups in total. The van der Waals surface area contributed by atoms with Crippen LogP contribution in [-0.2, 0) is 0 Å². The molecule has 0 amide bonds. The number of rotatable bonds is 1. The molecular weight excluding hydrogens is 172 g/mol. The first-order valence-corrected chi connectivity index (χ1v) is 4.69. The fourth-order valence-corrected chi connectivity index (χ4v) is 1.52. The van der Waals surface area contributed by atoms with Crippen LogP contribution in [0.3, 0.4) is 0 Å². The molecule has 0 spiro atoms. The van der Waals surface area contributed by atoms with Crippen LogP contribution in [0.4, 0.5) is 0 Å². The van der Waals surface area contributed by atoms with Gasteiger partial charge in [0.2, 0.25) is 0 Å². The molecule has 1 aliphatic rings. The minimum Gasteiger partial charge on any atom is -0.374 e. The number of aromatic nitrogens is 1. The zero-order chi connectivity index (χ0) is 10.4. The van der Waals surface area contributed by atoms with Gasteiger partial charge in [0.1, 0.15) is 0 Å². The van der Waals surface area contributed by atoms with E-state index in [4.69, 9.17) is 0 Å². The van der Waals surface area contributed by atoms with E-state index < -0.39 is 0 Å². The van der Waals surface area contributed by atoms with Crippen LogP contribution in [0.25, 0.3) is 5.70 Å². The molecule has 0 saturated carbocycles. The molecular formula is C12H16N2. The molecule has 2 rings (SSSR count). The zero-order valence-electron chi connectivity index (χ0n) is 8.61. The lowest BCUT2D eigenvalue weighted by molar-refractivity contribution is 0.517. The predicted octanol–water partition coefficient (Wildman–Crippen LogP) is 2.56. The number of nitrogens with zero attached hydrogens (tertiary/aromatic N) is 2. The summed E-state index contributed by atoms with van der Waals surface area (Å²) in [5, 5.41) is 0. The molecule has 2 heteroatoms. The van der Waals surface area contributed by atoms with Crippen LogP contribution in [0.5, 0.6) is 0 Å². The average molecular weight is 188 g/mol. The van der Waals surface area contributed by atoms with Crippen molar-refractivity contribution in [2.75, 3.05) is 13.6 Å². The largest absolute Gasteiger partial charge is 0.374 e. The third-order valence-electron chi connectivity index (χ3n) is 2.17. The van der Waals surface area contributed by atoms with Gasteiger partial charge in [0, 0.05) is 37.2 Å². The molecule has 0 fully saturated rings. The first-order chi connectivity index (χ1) is 6.88. The summed E-state index contributed by atoms with van der Waals surface area (Å²) in [6, 6.07) is 4.07. The maximum Gasteiger partial charge on any atom is 0.0413 e. The molecule has 0 aromatic carbocycles. The summed E-state index contributed by atoms with van der Waals surface area (Å²) in [7, 11) is 2.12. The highest BCUT2D eigenvalue weighted by atomic mass is 15.1. The van der Waals surface area contributed by atoms with Gasteiger partial charge in [0.15, 0.2) is 0 Å². The fraction of sp³-hybridized carbons (Fsp3) is 0.250. The van der Waals surface area contributed by atoms with Crippen LogP contribution in [0.15, 0.2) is 43.8 Å². The molecule has 2 heterocycles. The summed E-state index contributed by atoms with van der Waals surface area (Å²) >= 11 is 0. The van der Waals surface area contributed by atoms with Gasteiger partial charge in [0.25, 0.3) is 0 Å². The molecule has 0 unspecified atom stereocenters. The number of hydrogen-bond acceptors (Lipinski definition) is 2. The van der Waals surface area contributed by atoms with E-state index in [9.17, 15) is 0 Å². The second kappa shape index (κ2) is 5.22. The van der Waals surface area contributed by atoms with E-state index in [-0.39, 0.29) is 0 Å². The molecule has 0 saturated heterocycles. The smallest absolute Gasteiger partial charge is 0.0413 e. The summed E-state index contributed by atoms with van der Waals surface area (Å²) in [5.74, 6) is 0. The number of pyridine rings is 1. The van der Waals surface area contributed by atoms with E-state index in [2.05, 4.69) is 42.2 Å². The Bertz CT molecular complexity index is 303. The van der Waals surface area contributed by atoms with E-state index in [1.54, 1.807) is 6.20 Å². The van der Waals surface area contributed by atoms with Crippen molar-refractivity contribution in [1.82, 2.24) is 9.88 Å². The van der Waals surface area contributed by atoms with Crippen molar-refractivity contribution in [3.05, 3.63) is 49.3 Å². The van der Waals surface area contributed by atoms with Gasteiger partial charge in [-0.05, 0) is 18.6 Å². The van der Waals surface area contributed by atoms with Crippen molar-refractivity contribution in [2.24, 2.45) is 0 Å². The van der Waals surface area contributed by atoms with E-state index >= 15 is 0 Å². The normalized spacial score (nSPS) is 14.4. The van der Waals surface area contributed by atoms with Crippen molar-refractivity contribution in [2.45, 2.75) is 6.42 Å². The lowest BCUT2D eigenvalue weighted by Gasteiger charge is -2.15. The monoisotopic (exact) mass is 188 g/mol. The lowest BCUT2D eigenvalue weighted by Crippen LogP contribution is -2.11. The van der Waals surface area contributed by atoms with Crippen LogP contribution in [0.2, 0.25) is 0 Å². The van der Waals surface area contributed by atoms with Gasteiger partial charge in [-0.2, -0.15) is 0 Å². The fourth-order valence-electron chi connectivity index (χ4n) is 1.52. The minimum atomic E-state index is 1.13. The van der Waals surface area contributed by atoms with Crippen molar-refractivity contribution in [3.8, 4) is 0 Å². The molecule has 0 atom stereocenters. The molecule has 1 aromatic heterocycles. The number of hydrogen-bond donors (Lipinski definition) is 0. The third kappa shape index (κ3) is 2.22. The Labute approximate surface area is 85.6 Å². The Balaban J connectivity index is 0.000000461. The van der Waals surface area contributed by atoms with Crippen LogP contribution >= 0.6 is 0 Å². The average Bonchev–Trinajstić information content (AvgIpc) is 2.69. The second-order valence-electron chi connectivity index (χ2n) is 3.04. The van der Waals surface area contributed by atoms with Gasteiger partial charge in [0.05, 0.1) is 0 Å². The van der Waals surface area contributed by atoms with Gasteiger partial charge in [-0.3, -0.25) is 4.98 Å². The Morgan fingerprint density at radius 1 is 1.43 bits per heavy atom. The zero-order valence-corrected chi connectivity index (χ0v) is 8.61. The highest BCUT2D eigenvalue weighted by Crippen LogP contribution is 2.22. The lowest BCUT2D eigenvalue weighted by atomic mass is 10.2. The van der Waals surface area contributed by atoms with Crippen LogP contribution in [-0.4, -0.2) is 23.5 Å². The Morgan fingerprint density at radius 2 is 2.21 bits per heavy atom. The highest BCUT2D eigenvalue weighted by Gasteiger charge is 2.11. The van der Waals surface area contributed by atoms with Gasteiger partial charge < -0.3 is 4.90 Å². The molecule has 0 radical (unpaired) electrons. The third-order valence-corrected chi connectivity index (χ3v) is 2.17. The summed E-state index contributed by atoms with van der Waals surface area (Å²) < 4.78 is 0. The Hall–Kier alpha value is -1.57. The summed E-state index contributed by atoms with van der Waals surface area (Å²) in [5.41, 5.74) is 2.53. The molecule has 1 aromatic rings. The van der Waals surface area contributed by atoms with E-state index in [1.165, 1.54) is 11.3 Å². The van der Waals surface area contributed by atoms with Crippen molar-refractivity contribution in [3.63, 3.8) is 0 Å². The van der Waals surface area contributed by atoms with Gasteiger partial charge in [-0.25, -0.2) is 0 Å². The first-order valence-electron chi connectivity index (χ1n) is 4.69. The van der Waals surface area contributed by atoms with Crippen molar-refractivity contribution < 1.29 is 0 Å². The van der Waals surface area contributed by atoms with E-state index in [0.29, 0.717) is 0 Å². The first kappa shape index (κ1) is 10.5. The van der Waals surface area contributed by atoms with Crippen LogP contribution in [0.1, 0.15) is 12.0 Å². The van der Waals surface area contributed by atoms with Crippen molar-refractivity contribution in [1.29, 1.82) is 0 Å². The maximum absolute atomic E-state index is 4.10. The van der Waals surface area contributed by atoms with E-state index in [0.717, 1.165) is 13.0 Å². The van der Waals surface area contributed by atoms with Crippen LogP contribution in [0, 0.1) is 0 Å². The van der Waals surface area contributed by atoms with E-state index in [1.807, 2.05) is 12.3 Å². The minimum absolute atomic E-state index is 1.13. The molecule has 2 nitrogen and oxygen atoms in total. The maximum atomic E-state index is 4.10. The topological polar surface area (TPSA) is 16.1 Å². The summed E-state index contributed by atoms with van der Waals surface area (Å²) in [6.07, 6.45) is 7.13. The van der Waals surface area contributed by atoms with Gasteiger partial charge in [-0.1, -0.05) is 6.08 Å². The second-order valence-corrected chi connectivity index (χ2v) is 3.04. The molecule has 14 heavy (non-hydrogen) atoms.